The molecule has 0 heterocycles. The molecule has 0 aromatic heterocycles. The first-order valence-electron chi connectivity index (χ1n) is 3.44. The number of rotatable bonds is 4. The molecule has 0 saturated carbocycles. The van der Waals surface area contributed by atoms with Gasteiger partial charge in [0.1, 0.15) is 4.91 Å². The smallest absolute Gasteiger partial charge is 0.295 e. The Hall–Kier alpha value is -1.20. The normalized spacial score (nSPS) is 14.0. The second-order valence-corrected chi connectivity index (χ2v) is 3.52. The lowest BCUT2D eigenvalue weighted by atomic mass is 10.2. The Morgan fingerprint density at radius 1 is 1.54 bits per heavy atom. The van der Waals surface area contributed by atoms with Crippen LogP contribution in [0.3, 0.4) is 0 Å². The van der Waals surface area contributed by atoms with E-state index in [-0.39, 0.29) is 10.5 Å². The Kier molecular flexibility index (Phi) is 4.30. The molecule has 0 amide bonds. The fourth-order valence-electron chi connectivity index (χ4n) is 0.735. The average Bonchev–Trinajstić information content (AvgIpc) is 2.03. The van der Waals surface area contributed by atoms with Gasteiger partial charge in [-0.1, -0.05) is 18.7 Å². The number of nitrogens with one attached hydrogen (secondary N) is 1. The van der Waals surface area contributed by atoms with Gasteiger partial charge in [-0.05, 0) is 13.0 Å². The van der Waals surface area contributed by atoms with E-state index in [0.717, 1.165) is 12.3 Å². The minimum absolute atomic E-state index is 0.127. The molecule has 13 heavy (non-hydrogen) atoms. The second kappa shape index (κ2) is 4.74. The van der Waals surface area contributed by atoms with Crippen LogP contribution in [-0.2, 0) is 10.1 Å². The highest BCUT2D eigenvalue weighted by molar-refractivity contribution is 7.90. The van der Waals surface area contributed by atoms with Gasteiger partial charge in [0.2, 0.25) is 0 Å². The quantitative estimate of drug-likeness (QED) is 0.411. The minimum atomic E-state index is -4.28. The molecule has 0 aliphatic rings. The second-order valence-electron chi connectivity index (χ2n) is 2.13. The van der Waals surface area contributed by atoms with Crippen molar-refractivity contribution in [1.29, 1.82) is 5.41 Å². The first kappa shape index (κ1) is 11.8. The fourth-order valence-corrected chi connectivity index (χ4v) is 1.48. The van der Waals surface area contributed by atoms with E-state index in [1.165, 1.54) is 12.2 Å². The van der Waals surface area contributed by atoms with Gasteiger partial charge in [0.25, 0.3) is 10.1 Å². The van der Waals surface area contributed by atoms with Crippen molar-refractivity contribution in [2.75, 3.05) is 0 Å². The van der Waals surface area contributed by atoms with Gasteiger partial charge in [0.15, 0.2) is 0 Å². The molecular weight excluding hydrogens is 190 g/mol. The zero-order valence-electron chi connectivity index (χ0n) is 7.19. The van der Waals surface area contributed by atoms with Crippen LogP contribution in [-0.4, -0.2) is 19.2 Å². The Morgan fingerprint density at radius 3 is 2.31 bits per heavy atom. The molecule has 4 nitrogen and oxygen atoms in total. The molecule has 0 unspecified atom stereocenters. The lowest BCUT2D eigenvalue weighted by molar-refractivity contribution is 0.492. The molecule has 0 aromatic carbocycles. The van der Waals surface area contributed by atoms with E-state index < -0.39 is 10.1 Å². The molecule has 0 saturated heterocycles. The zero-order chi connectivity index (χ0) is 10.5. The average molecular weight is 201 g/mol. The standard InChI is InChI=1S/C8H11NO3S/c1-3-5-8(13(10,11)12)7(4-2)6-9/h3-6,9H,1H2,2H3,(H,10,11,12)/b7-4-,8-5+,9-6?. The van der Waals surface area contributed by atoms with Crippen molar-refractivity contribution >= 4 is 16.3 Å². The molecular formula is C8H11NO3S. The van der Waals surface area contributed by atoms with Crippen LogP contribution in [0.4, 0.5) is 0 Å². The van der Waals surface area contributed by atoms with Crippen molar-refractivity contribution in [2.45, 2.75) is 6.92 Å². The lowest BCUT2D eigenvalue weighted by Gasteiger charge is -2.01. The van der Waals surface area contributed by atoms with E-state index in [2.05, 4.69) is 6.58 Å². The van der Waals surface area contributed by atoms with E-state index in [1.54, 1.807) is 6.92 Å². The largest absolute Gasteiger partial charge is 0.308 e. The van der Waals surface area contributed by atoms with Gasteiger partial charge >= 0.3 is 0 Å². The Balaban J connectivity index is 5.43. The van der Waals surface area contributed by atoms with E-state index in [1.807, 2.05) is 0 Å². The maximum absolute atomic E-state index is 10.8. The summed E-state index contributed by atoms with van der Waals surface area (Å²) in [5.41, 5.74) is 0.127. The van der Waals surface area contributed by atoms with Gasteiger partial charge in [0, 0.05) is 11.8 Å². The van der Waals surface area contributed by atoms with Crippen LogP contribution in [0.15, 0.2) is 35.3 Å². The molecule has 5 heteroatoms. The van der Waals surface area contributed by atoms with Crippen LogP contribution in [0.1, 0.15) is 6.92 Å². The van der Waals surface area contributed by atoms with Gasteiger partial charge < -0.3 is 5.41 Å². The molecule has 0 spiro atoms. The summed E-state index contributed by atoms with van der Waals surface area (Å²) in [6.07, 6.45) is 4.63. The fraction of sp³-hybridized carbons (Fsp3) is 0.125. The maximum atomic E-state index is 10.8. The summed E-state index contributed by atoms with van der Waals surface area (Å²) in [6.45, 7) is 4.88. The Labute approximate surface area is 77.5 Å². The summed E-state index contributed by atoms with van der Waals surface area (Å²) in [7, 11) is -4.28. The van der Waals surface area contributed by atoms with Gasteiger partial charge in [-0.2, -0.15) is 8.42 Å². The van der Waals surface area contributed by atoms with Gasteiger partial charge in [-0.25, -0.2) is 0 Å². The lowest BCUT2D eigenvalue weighted by Crippen LogP contribution is -2.05. The van der Waals surface area contributed by atoms with Crippen LogP contribution in [0.5, 0.6) is 0 Å². The predicted molar refractivity (Wildman–Crippen MR) is 52.4 cm³/mol. The summed E-state index contributed by atoms with van der Waals surface area (Å²) in [5.74, 6) is 0. The van der Waals surface area contributed by atoms with Crippen LogP contribution in [0, 0.1) is 5.41 Å². The molecule has 2 N–H and O–H groups in total. The first-order valence-corrected chi connectivity index (χ1v) is 4.88. The van der Waals surface area contributed by atoms with Crippen molar-refractivity contribution in [2.24, 2.45) is 0 Å². The van der Waals surface area contributed by atoms with Gasteiger partial charge in [-0.3, -0.25) is 4.55 Å². The zero-order valence-corrected chi connectivity index (χ0v) is 8.00. The summed E-state index contributed by atoms with van der Waals surface area (Å²) in [4.78, 5) is -0.319. The van der Waals surface area contributed by atoms with Crippen LogP contribution in [0.25, 0.3) is 0 Å². The van der Waals surface area contributed by atoms with Crippen molar-refractivity contribution in [3.8, 4) is 0 Å². The summed E-state index contributed by atoms with van der Waals surface area (Å²) in [5, 5.41) is 6.90. The van der Waals surface area contributed by atoms with Gasteiger partial charge in [-0.15, -0.1) is 0 Å². The van der Waals surface area contributed by atoms with E-state index in [9.17, 15) is 8.42 Å². The molecule has 0 aliphatic carbocycles. The van der Waals surface area contributed by atoms with E-state index in [0.29, 0.717) is 0 Å². The van der Waals surface area contributed by atoms with Crippen molar-refractivity contribution in [3.63, 3.8) is 0 Å². The van der Waals surface area contributed by atoms with Crippen molar-refractivity contribution in [3.05, 3.63) is 35.3 Å². The third-order valence-electron chi connectivity index (χ3n) is 1.30. The van der Waals surface area contributed by atoms with Crippen molar-refractivity contribution in [1.82, 2.24) is 0 Å². The van der Waals surface area contributed by atoms with Crippen molar-refractivity contribution < 1.29 is 13.0 Å². The molecule has 72 valence electrons. The van der Waals surface area contributed by atoms with Gasteiger partial charge in [0.05, 0.1) is 0 Å². The molecule has 0 aliphatic heterocycles. The summed E-state index contributed by atoms with van der Waals surface area (Å²) >= 11 is 0. The molecule has 0 fully saturated rings. The highest BCUT2D eigenvalue weighted by Crippen LogP contribution is 2.14. The van der Waals surface area contributed by atoms with E-state index >= 15 is 0 Å². The third-order valence-corrected chi connectivity index (χ3v) is 2.23. The first-order chi connectivity index (χ1) is 5.97. The topological polar surface area (TPSA) is 78.2 Å². The predicted octanol–water partition coefficient (Wildman–Crippen LogP) is 1.54. The third kappa shape index (κ3) is 3.35. The number of hydrogen-bond acceptors (Lipinski definition) is 3. The van der Waals surface area contributed by atoms with Crippen LogP contribution >= 0.6 is 0 Å². The Bertz CT molecular complexity index is 363. The highest BCUT2D eigenvalue weighted by Gasteiger charge is 2.15. The SMILES string of the molecule is C=C/C=C(\C(C=N)=C/C)S(=O)(=O)O. The molecule has 0 rings (SSSR count). The maximum Gasteiger partial charge on any atom is 0.295 e. The molecule has 0 aromatic rings. The number of hydrogen-bond donors (Lipinski definition) is 2. The summed E-state index contributed by atoms with van der Waals surface area (Å²) in [6, 6.07) is 0. The molecule has 0 radical (unpaired) electrons. The molecule has 0 atom stereocenters. The highest BCUT2D eigenvalue weighted by atomic mass is 32.2. The van der Waals surface area contributed by atoms with Crippen LogP contribution < -0.4 is 0 Å². The Morgan fingerprint density at radius 2 is 2.08 bits per heavy atom. The monoisotopic (exact) mass is 201 g/mol. The van der Waals surface area contributed by atoms with Crippen LogP contribution in [0.2, 0.25) is 0 Å². The number of allylic oxidation sites excluding steroid dienone is 4. The summed E-state index contributed by atoms with van der Waals surface area (Å²) < 4.78 is 30.3. The minimum Gasteiger partial charge on any atom is -0.308 e. The molecule has 0 bridgehead atoms. The van der Waals surface area contributed by atoms with E-state index in [4.69, 9.17) is 9.96 Å².